The van der Waals surface area contributed by atoms with Crippen LogP contribution < -0.4 is 9.62 Å². The van der Waals surface area contributed by atoms with E-state index in [2.05, 4.69) is 5.32 Å². The number of sulfonamides is 1. The average Bonchev–Trinajstić information content (AvgIpc) is 3.59. The number of benzene rings is 4. The van der Waals surface area contributed by atoms with E-state index in [-0.39, 0.29) is 22.9 Å². The van der Waals surface area contributed by atoms with E-state index in [1.807, 2.05) is 0 Å². The molecule has 2 amide bonds. The highest BCUT2D eigenvalue weighted by atomic mass is 35.5. The lowest BCUT2D eigenvalue weighted by molar-refractivity contribution is -0.140. The second-order valence-corrected chi connectivity index (χ2v) is 14.1. The maximum Gasteiger partial charge on any atom is 0.417 e. The molecule has 0 radical (unpaired) electrons. The van der Waals surface area contributed by atoms with E-state index in [1.54, 1.807) is 42.5 Å². The Balaban J connectivity index is 1.61. The predicted molar refractivity (Wildman–Crippen MR) is 179 cm³/mol. The lowest BCUT2D eigenvalue weighted by Gasteiger charge is -2.34. The molecule has 49 heavy (non-hydrogen) atoms. The van der Waals surface area contributed by atoms with Crippen LogP contribution in [0.2, 0.25) is 5.02 Å². The standard InChI is InChI=1S/C36H34ClF4N3O4S/c37-31-20-19-28(22-30(31)36(39,40)41)44(49(47,48)29-16-5-2-6-17-29)24-34(45)43(23-26-13-7-10-18-32(26)38)33(21-25-11-3-1-4-12-25)35(46)42-27-14-8-9-15-27/h1-7,10-13,16-20,22,27,33H,8-9,14-15,21,23-24H2,(H,42,46). The molecule has 0 spiro atoms. The fourth-order valence-corrected chi connectivity index (χ4v) is 7.52. The molecule has 258 valence electrons. The summed E-state index contributed by atoms with van der Waals surface area (Å²) in [7, 11) is -4.66. The smallest absolute Gasteiger partial charge is 0.352 e. The van der Waals surface area contributed by atoms with Crippen molar-refractivity contribution in [2.45, 2.75) is 61.8 Å². The molecule has 13 heteroatoms. The van der Waals surface area contributed by atoms with Crippen molar-refractivity contribution in [2.24, 2.45) is 0 Å². The first kappa shape index (κ1) is 35.9. The molecule has 1 aliphatic rings. The Labute approximate surface area is 287 Å². The number of nitrogens with zero attached hydrogens (tertiary/aromatic N) is 2. The minimum Gasteiger partial charge on any atom is -0.352 e. The number of rotatable bonds is 12. The fourth-order valence-electron chi connectivity index (χ4n) is 5.87. The van der Waals surface area contributed by atoms with Crippen molar-refractivity contribution in [3.8, 4) is 0 Å². The molecule has 0 heterocycles. The summed E-state index contributed by atoms with van der Waals surface area (Å²) in [4.78, 5) is 29.3. The van der Waals surface area contributed by atoms with Gasteiger partial charge < -0.3 is 10.2 Å². The zero-order chi connectivity index (χ0) is 35.2. The highest BCUT2D eigenvalue weighted by Gasteiger charge is 2.38. The largest absolute Gasteiger partial charge is 0.417 e. The van der Waals surface area contributed by atoms with Gasteiger partial charge in [-0.05, 0) is 54.8 Å². The summed E-state index contributed by atoms with van der Waals surface area (Å²) in [6.07, 6.45) is -1.61. The minimum atomic E-state index is -4.94. The van der Waals surface area contributed by atoms with Crippen LogP contribution >= 0.6 is 11.6 Å². The molecule has 0 bridgehead atoms. The van der Waals surface area contributed by atoms with E-state index in [1.165, 1.54) is 42.5 Å². The highest BCUT2D eigenvalue weighted by molar-refractivity contribution is 7.92. The SMILES string of the molecule is O=C(NC1CCCC1)C(Cc1ccccc1)N(Cc1ccccc1F)C(=O)CN(c1ccc(Cl)c(C(F)(F)F)c1)S(=O)(=O)c1ccccc1. The number of halogens is 5. The molecule has 1 aliphatic carbocycles. The van der Waals surface area contributed by atoms with Crippen LogP contribution in [-0.4, -0.2) is 43.8 Å². The van der Waals surface area contributed by atoms with Gasteiger partial charge in [0.05, 0.1) is 21.2 Å². The zero-order valence-corrected chi connectivity index (χ0v) is 27.8. The molecular weight excluding hydrogens is 682 g/mol. The van der Waals surface area contributed by atoms with Crippen LogP contribution in [0.15, 0.2) is 108 Å². The summed E-state index contributed by atoms with van der Waals surface area (Å²) in [6, 6.07) is 22.6. The molecule has 1 saturated carbocycles. The van der Waals surface area contributed by atoms with Crippen LogP contribution in [0, 0.1) is 5.82 Å². The zero-order valence-electron chi connectivity index (χ0n) is 26.2. The molecular formula is C36H34ClF4N3O4S. The number of hydrogen-bond acceptors (Lipinski definition) is 4. The number of alkyl halides is 3. The molecule has 4 aromatic carbocycles. The van der Waals surface area contributed by atoms with E-state index < -0.39 is 69.2 Å². The van der Waals surface area contributed by atoms with Crippen molar-refractivity contribution in [3.63, 3.8) is 0 Å². The number of nitrogens with one attached hydrogen (secondary N) is 1. The van der Waals surface area contributed by atoms with Crippen molar-refractivity contribution in [1.29, 1.82) is 0 Å². The first-order chi connectivity index (χ1) is 23.3. The Bertz CT molecular complexity index is 1870. The third-order valence-electron chi connectivity index (χ3n) is 8.42. The summed E-state index contributed by atoms with van der Waals surface area (Å²) in [5, 5.41) is 2.35. The predicted octanol–water partition coefficient (Wildman–Crippen LogP) is 7.39. The van der Waals surface area contributed by atoms with Gasteiger partial charge >= 0.3 is 6.18 Å². The van der Waals surface area contributed by atoms with Gasteiger partial charge in [0.1, 0.15) is 18.4 Å². The molecule has 5 rings (SSSR count). The van der Waals surface area contributed by atoms with Crippen LogP contribution in [0.5, 0.6) is 0 Å². The van der Waals surface area contributed by atoms with Gasteiger partial charge in [-0.25, -0.2) is 12.8 Å². The number of carbonyl (C=O) groups is 2. The number of carbonyl (C=O) groups excluding carboxylic acids is 2. The van der Waals surface area contributed by atoms with Crippen LogP contribution in [0.3, 0.4) is 0 Å². The number of anilines is 1. The third-order valence-corrected chi connectivity index (χ3v) is 10.5. The van der Waals surface area contributed by atoms with Crippen molar-refractivity contribution in [1.82, 2.24) is 10.2 Å². The summed E-state index contributed by atoms with van der Waals surface area (Å²) in [6.45, 7) is -1.43. The van der Waals surface area contributed by atoms with Gasteiger partial charge in [0.15, 0.2) is 0 Å². The van der Waals surface area contributed by atoms with Crippen molar-refractivity contribution >= 4 is 39.1 Å². The second kappa shape index (κ2) is 15.4. The van der Waals surface area contributed by atoms with Gasteiger partial charge in [0.25, 0.3) is 10.0 Å². The molecule has 1 N–H and O–H groups in total. The van der Waals surface area contributed by atoms with Gasteiger partial charge in [-0.15, -0.1) is 0 Å². The topological polar surface area (TPSA) is 86.8 Å². The van der Waals surface area contributed by atoms with Crippen LogP contribution in [-0.2, 0) is 38.8 Å². The molecule has 1 unspecified atom stereocenters. The van der Waals surface area contributed by atoms with Gasteiger partial charge in [0, 0.05) is 24.6 Å². The minimum absolute atomic E-state index is 0.00415. The third kappa shape index (κ3) is 8.79. The highest BCUT2D eigenvalue weighted by Crippen LogP contribution is 2.38. The first-order valence-electron chi connectivity index (χ1n) is 15.7. The fraction of sp³-hybridized carbons (Fsp3) is 0.278. The maximum atomic E-state index is 15.1. The van der Waals surface area contributed by atoms with E-state index in [0.717, 1.165) is 42.7 Å². The van der Waals surface area contributed by atoms with Gasteiger partial charge in [-0.1, -0.05) is 91.2 Å². The van der Waals surface area contributed by atoms with E-state index in [9.17, 15) is 31.2 Å². The van der Waals surface area contributed by atoms with E-state index in [4.69, 9.17) is 11.6 Å². The van der Waals surface area contributed by atoms with E-state index in [0.29, 0.717) is 15.9 Å². The number of amides is 2. The van der Waals surface area contributed by atoms with Crippen molar-refractivity contribution < 1.29 is 35.6 Å². The summed E-state index contributed by atoms with van der Waals surface area (Å²) in [5.74, 6) is -2.10. The van der Waals surface area contributed by atoms with Gasteiger partial charge in [-0.2, -0.15) is 13.2 Å². The summed E-state index contributed by atoms with van der Waals surface area (Å²) >= 11 is 5.86. The monoisotopic (exact) mass is 715 g/mol. The quantitative estimate of drug-likeness (QED) is 0.155. The second-order valence-electron chi connectivity index (χ2n) is 11.8. The average molecular weight is 716 g/mol. The molecule has 7 nitrogen and oxygen atoms in total. The molecule has 1 fully saturated rings. The Kier molecular flexibility index (Phi) is 11.3. The lowest BCUT2D eigenvalue weighted by atomic mass is 10.0. The maximum absolute atomic E-state index is 15.1. The lowest BCUT2D eigenvalue weighted by Crippen LogP contribution is -2.54. The molecule has 4 aromatic rings. The molecule has 0 aromatic heterocycles. The first-order valence-corrected chi connectivity index (χ1v) is 17.5. The summed E-state index contributed by atoms with van der Waals surface area (Å²) < 4.78 is 85.6. The van der Waals surface area contributed by atoms with E-state index >= 15 is 4.39 Å². The molecule has 0 aliphatic heterocycles. The Morgan fingerprint density at radius 1 is 0.878 bits per heavy atom. The van der Waals surface area contributed by atoms with Crippen LogP contribution in [0.4, 0.5) is 23.2 Å². The normalized spacial score (nSPS) is 14.3. The Morgan fingerprint density at radius 2 is 1.49 bits per heavy atom. The molecule has 0 saturated heterocycles. The Hall–Kier alpha value is -4.42. The van der Waals surface area contributed by atoms with Gasteiger partial charge in [-0.3, -0.25) is 13.9 Å². The van der Waals surface area contributed by atoms with Gasteiger partial charge in [0.2, 0.25) is 11.8 Å². The van der Waals surface area contributed by atoms with Crippen LogP contribution in [0.1, 0.15) is 42.4 Å². The Morgan fingerprint density at radius 3 is 2.12 bits per heavy atom. The van der Waals surface area contributed by atoms with Crippen molar-refractivity contribution in [3.05, 3.63) is 131 Å². The number of hydrogen-bond donors (Lipinski definition) is 1. The molecule has 1 atom stereocenters. The van der Waals surface area contributed by atoms with Crippen LogP contribution in [0.25, 0.3) is 0 Å². The summed E-state index contributed by atoms with van der Waals surface area (Å²) in [5.41, 5.74) is -1.03. The van der Waals surface area contributed by atoms with Crippen molar-refractivity contribution in [2.75, 3.05) is 10.8 Å².